The van der Waals surface area contributed by atoms with Gasteiger partial charge in [0.05, 0.1) is 12.0 Å². The Balaban J connectivity index is 2.13. The molecule has 2 N–H and O–H groups in total. The van der Waals surface area contributed by atoms with Gasteiger partial charge >= 0.3 is 0 Å². The number of amides is 1. The summed E-state index contributed by atoms with van der Waals surface area (Å²) in [5.74, 6) is -0.210. The fraction of sp³-hybridized carbons (Fsp3) is 0.316. The van der Waals surface area contributed by atoms with Gasteiger partial charge in [0.15, 0.2) is 0 Å². The summed E-state index contributed by atoms with van der Waals surface area (Å²) < 4.78 is 0. The van der Waals surface area contributed by atoms with Crippen molar-refractivity contribution in [2.24, 2.45) is 0 Å². The van der Waals surface area contributed by atoms with Crippen LogP contribution in [-0.4, -0.2) is 25.1 Å². The van der Waals surface area contributed by atoms with E-state index in [-0.39, 0.29) is 12.3 Å². The van der Waals surface area contributed by atoms with Crippen LogP contribution in [0.4, 0.5) is 11.4 Å². The summed E-state index contributed by atoms with van der Waals surface area (Å²) in [4.78, 5) is 14.4. The highest BCUT2D eigenvalue weighted by molar-refractivity contribution is 5.93. The Kier molecular flexibility index (Phi) is 5.06. The number of hydrogen-bond acceptors (Lipinski definition) is 3. The highest BCUT2D eigenvalue weighted by atomic mass is 16.3. The van der Waals surface area contributed by atoms with Crippen LogP contribution in [0.2, 0.25) is 0 Å². The van der Waals surface area contributed by atoms with Gasteiger partial charge in [0.1, 0.15) is 0 Å². The number of rotatable bonds is 5. The van der Waals surface area contributed by atoms with Crippen LogP contribution in [0.3, 0.4) is 0 Å². The van der Waals surface area contributed by atoms with Gasteiger partial charge in [-0.25, -0.2) is 0 Å². The Morgan fingerprint density at radius 2 is 1.78 bits per heavy atom. The number of aliphatic hydroxyl groups is 1. The zero-order valence-corrected chi connectivity index (χ0v) is 14.1. The molecule has 0 aromatic heterocycles. The molecule has 0 heterocycles. The van der Waals surface area contributed by atoms with E-state index in [0.29, 0.717) is 0 Å². The fourth-order valence-corrected chi connectivity index (χ4v) is 2.65. The molecule has 0 bridgehead atoms. The molecule has 1 amide bonds. The van der Waals surface area contributed by atoms with Gasteiger partial charge < -0.3 is 15.3 Å². The van der Waals surface area contributed by atoms with Gasteiger partial charge in [0.25, 0.3) is 0 Å². The Hall–Kier alpha value is -2.33. The number of nitrogens with zero attached hydrogens (tertiary/aromatic N) is 1. The van der Waals surface area contributed by atoms with E-state index < -0.39 is 5.60 Å². The Morgan fingerprint density at radius 1 is 1.13 bits per heavy atom. The van der Waals surface area contributed by atoms with Crippen molar-refractivity contribution in [3.05, 3.63) is 59.7 Å². The molecule has 2 aromatic carbocycles. The maximum absolute atomic E-state index is 12.4. The summed E-state index contributed by atoms with van der Waals surface area (Å²) in [6.45, 7) is 3.63. The number of hydrogen-bond donors (Lipinski definition) is 2. The molecular formula is C19H24N2O2. The van der Waals surface area contributed by atoms with Crippen LogP contribution in [-0.2, 0) is 10.4 Å². The van der Waals surface area contributed by atoms with Gasteiger partial charge in [0, 0.05) is 25.5 Å². The van der Waals surface area contributed by atoms with Crippen molar-refractivity contribution < 1.29 is 9.90 Å². The number of carbonyl (C=O) groups excluding carboxylic acids is 1. The SMILES string of the molecule is Cc1c(NC(=O)CC(C)(O)c2ccccc2)cccc1N(C)C. The third-order valence-corrected chi connectivity index (χ3v) is 3.96. The predicted octanol–water partition coefficient (Wildman–Crippen LogP) is 3.30. The summed E-state index contributed by atoms with van der Waals surface area (Å²) in [7, 11) is 3.93. The van der Waals surface area contributed by atoms with Crippen molar-refractivity contribution in [1.29, 1.82) is 0 Å². The van der Waals surface area contributed by atoms with E-state index in [4.69, 9.17) is 0 Å². The highest BCUT2D eigenvalue weighted by Gasteiger charge is 2.26. The quantitative estimate of drug-likeness (QED) is 0.890. The van der Waals surface area contributed by atoms with Gasteiger partial charge in [-0.1, -0.05) is 36.4 Å². The summed E-state index contributed by atoms with van der Waals surface area (Å²) in [5, 5.41) is 13.5. The molecule has 23 heavy (non-hydrogen) atoms. The topological polar surface area (TPSA) is 52.6 Å². The van der Waals surface area contributed by atoms with E-state index >= 15 is 0 Å². The minimum absolute atomic E-state index is 0.00262. The smallest absolute Gasteiger partial charge is 0.227 e. The second-order valence-corrected chi connectivity index (χ2v) is 6.21. The van der Waals surface area contributed by atoms with Gasteiger partial charge in [0.2, 0.25) is 5.91 Å². The summed E-state index contributed by atoms with van der Waals surface area (Å²) in [5.41, 5.74) is 2.36. The predicted molar refractivity (Wildman–Crippen MR) is 94.8 cm³/mol. The molecule has 0 aliphatic carbocycles. The van der Waals surface area contributed by atoms with Crippen molar-refractivity contribution in [2.75, 3.05) is 24.3 Å². The van der Waals surface area contributed by atoms with Crippen molar-refractivity contribution in [2.45, 2.75) is 25.9 Å². The molecule has 4 heteroatoms. The summed E-state index contributed by atoms with van der Waals surface area (Å²) >= 11 is 0. The van der Waals surface area contributed by atoms with Crippen LogP contribution in [0, 0.1) is 6.92 Å². The molecule has 0 saturated carbocycles. The Labute approximate surface area is 137 Å². The molecule has 2 rings (SSSR count). The average Bonchev–Trinajstić information content (AvgIpc) is 2.49. The third kappa shape index (κ3) is 4.11. The minimum atomic E-state index is -1.20. The summed E-state index contributed by atoms with van der Waals surface area (Å²) in [6, 6.07) is 15.0. The van der Waals surface area contributed by atoms with Gasteiger partial charge in [-0.05, 0) is 37.1 Å². The van der Waals surface area contributed by atoms with Crippen LogP contribution in [0.15, 0.2) is 48.5 Å². The van der Waals surface area contributed by atoms with Crippen molar-refractivity contribution >= 4 is 17.3 Å². The largest absolute Gasteiger partial charge is 0.385 e. The monoisotopic (exact) mass is 312 g/mol. The van der Waals surface area contributed by atoms with Crippen molar-refractivity contribution in [1.82, 2.24) is 0 Å². The lowest BCUT2D eigenvalue weighted by Gasteiger charge is -2.24. The Morgan fingerprint density at radius 3 is 2.39 bits per heavy atom. The lowest BCUT2D eigenvalue weighted by molar-refractivity contribution is -0.120. The molecule has 0 fully saturated rings. The molecule has 0 saturated heterocycles. The number of anilines is 2. The zero-order valence-electron chi connectivity index (χ0n) is 14.1. The van der Waals surface area contributed by atoms with Crippen molar-refractivity contribution in [3.8, 4) is 0 Å². The second kappa shape index (κ2) is 6.84. The molecule has 1 atom stereocenters. The zero-order chi connectivity index (χ0) is 17.0. The molecule has 122 valence electrons. The number of carbonyl (C=O) groups is 1. The number of nitrogens with one attached hydrogen (secondary N) is 1. The van der Waals surface area contributed by atoms with Crippen LogP contribution in [0.25, 0.3) is 0 Å². The normalized spacial score (nSPS) is 13.3. The van der Waals surface area contributed by atoms with Crippen LogP contribution >= 0.6 is 0 Å². The van der Waals surface area contributed by atoms with Crippen LogP contribution in [0.5, 0.6) is 0 Å². The molecule has 1 unspecified atom stereocenters. The molecule has 0 radical (unpaired) electrons. The molecular weight excluding hydrogens is 288 g/mol. The molecule has 0 spiro atoms. The number of benzene rings is 2. The first-order chi connectivity index (χ1) is 10.8. The van der Waals surface area contributed by atoms with E-state index in [0.717, 1.165) is 22.5 Å². The third-order valence-electron chi connectivity index (χ3n) is 3.96. The lowest BCUT2D eigenvalue weighted by atomic mass is 9.92. The summed E-state index contributed by atoms with van der Waals surface area (Å²) in [6.07, 6.45) is 0.00262. The maximum Gasteiger partial charge on any atom is 0.227 e. The van der Waals surface area contributed by atoms with E-state index in [9.17, 15) is 9.90 Å². The maximum atomic E-state index is 12.4. The van der Waals surface area contributed by atoms with E-state index in [1.165, 1.54) is 0 Å². The molecule has 4 nitrogen and oxygen atoms in total. The van der Waals surface area contributed by atoms with Crippen LogP contribution < -0.4 is 10.2 Å². The van der Waals surface area contributed by atoms with Gasteiger partial charge in [-0.3, -0.25) is 4.79 Å². The first-order valence-electron chi connectivity index (χ1n) is 7.66. The molecule has 2 aromatic rings. The average molecular weight is 312 g/mol. The minimum Gasteiger partial charge on any atom is -0.385 e. The van der Waals surface area contributed by atoms with Gasteiger partial charge in [-0.2, -0.15) is 0 Å². The molecule has 0 aliphatic heterocycles. The van der Waals surface area contributed by atoms with Crippen LogP contribution in [0.1, 0.15) is 24.5 Å². The second-order valence-electron chi connectivity index (χ2n) is 6.21. The van der Waals surface area contributed by atoms with E-state index in [1.807, 2.05) is 74.4 Å². The highest BCUT2D eigenvalue weighted by Crippen LogP contribution is 2.28. The first-order valence-corrected chi connectivity index (χ1v) is 7.66. The fourth-order valence-electron chi connectivity index (χ4n) is 2.65. The van der Waals surface area contributed by atoms with E-state index in [2.05, 4.69) is 5.32 Å². The standard InChI is InChI=1S/C19H24N2O2/c1-14-16(11-8-12-17(14)21(3)4)20-18(22)13-19(2,23)15-9-6-5-7-10-15/h5-12,23H,13H2,1-4H3,(H,20,22). The van der Waals surface area contributed by atoms with Gasteiger partial charge in [-0.15, -0.1) is 0 Å². The Bertz CT molecular complexity index is 679. The van der Waals surface area contributed by atoms with Crippen molar-refractivity contribution in [3.63, 3.8) is 0 Å². The molecule has 0 aliphatic rings. The van der Waals surface area contributed by atoms with E-state index in [1.54, 1.807) is 6.92 Å². The first kappa shape index (κ1) is 17.0. The lowest BCUT2D eigenvalue weighted by Crippen LogP contribution is -2.28.